The predicted octanol–water partition coefficient (Wildman–Crippen LogP) is 3.85. The lowest BCUT2D eigenvalue weighted by atomic mass is 9.72. The van der Waals surface area contributed by atoms with Gasteiger partial charge in [0, 0.05) is 24.4 Å². The summed E-state index contributed by atoms with van der Waals surface area (Å²) in [5.41, 5.74) is 6.80. The quantitative estimate of drug-likeness (QED) is 0.619. The standard InChI is InChI=1S/C25H40N2O4/c1-5-6-11-21(26)24(29)27-15-20(25(3,16-27)17(2)28)18-12-13-22(30-4)23(14-18)31-19-9-7-8-10-19/h12-14,17,19-21,28H,5-11,15-16,26H2,1-4H3/t17?,20-,21+,25-/m0/s1. The number of ether oxygens (including phenoxy) is 2. The average Bonchev–Trinajstić information content (AvgIpc) is 3.39. The molecule has 6 nitrogen and oxygen atoms in total. The van der Waals surface area contributed by atoms with E-state index >= 15 is 0 Å². The van der Waals surface area contributed by atoms with Gasteiger partial charge in [0.25, 0.3) is 0 Å². The van der Waals surface area contributed by atoms with Crippen LogP contribution in [0.15, 0.2) is 18.2 Å². The molecule has 1 heterocycles. The molecule has 1 aliphatic carbocycles. The molecular formula is C25H40N2O4. The third kappa shape index (κ3) is 5.17. The molecule has 0 aromatic heterocycles. The average molecular weight is 433 g/mol. The van der Waals surface area contributed by atoms with Crippen LogP contribution in [-0.2, 0) is 4.79 Å². The number of hydrogen-bond donors (Lipinski definition) is 2. The van der Waals surface area contributed by atoms with Crippen LogP contribution in [0.3, 0.4) is 0 Å². The van der Waals surface area contributed by atoms with E-state index in [1.165, 1.54) is 12.8 Å². The van der Waals surface area contributed by atoms with E-state index in [0.29, 0.717) is 19.5 Å². The number of methoxy groups -OCH3 is 1. The van der Waals surface area contributed by atoms with Gasteiger partial charge in [0.1, 0.15) is 0 Å². The maximum absolute atomic E-state index is 13.0. The number of nitrogens with two attached hydrogens (primary N) is 1. The van der Waals surface area contributed by atoms with Gasteiger partial charge in [0.05, 0.1) is 25.4 Å². The van der Waals surface area contributed by atoms with Crippen molar-refractivity contribution < 1.29 is 19.4 Å². The molecule has 1 aliphatic heterocycles. The number of rotatable bonds is 9. The zero-order valence-corrected chi connectivity index (χ0v) is 19.6. The van der Waals surface area contributed by atoms with Gasteiger partial charge in [-0.1, -0.05) is 32.8 Å². The number of unbranched alkanes of at least 4 members (excludes halogenated alkanes) is 1. The normalized spacial score (nSPS) is 26.1. The molecule has 4 atom stereocenters. The number of aliphatic hydroxyl groups is 1. The van der Waals surface area contributed by atoms with Crippen LogP contribution in [0.1, 0.15) is 77.2 Å². The van der Waals surface area contributed by atoms with Crippen molar-refractivity contribution >= 4 is 5.91 Å². The van der Waals surface area contributed by atoms with Crippen LogP contribution in [0.4, 0.5) is 0 Å². The molecule has 174 valence electrons. The van der Waals surface area contributed by atoms with Gasteiger partial charge in [-0.05, 0) is 56.7 Å². The van der Waals surface area contributed by atoms with Crippen LogP contribution in [0, 0.1) is 5.41 Å². The maximum atomic E-state index is 13.0. The van der Waals surface area contributed by atoms with Crippen LogP contribution in [-0.4, -0.2) is 54.4 Å². The first kappa shape index (κ1) is 23.9. The van der Waals surface area contributed by atoms with E-state index in [2.05, 4.69) is 13.8 Å². The molecule has 31 heavy (non-hydrogen) atoms. The summed E-state index contributed by atoms with van der Waals surface area (Å²) in [6.45, 7) is 7.03. The Balaban J connectivity index is 1.85. The summed E-state index contributed by atoms with van der Waals surface area (Å²) in [5.74, 6) is 1.46. The number of nitrogens with zero attached hydrogens (tertiary/aromatic N) is 1. The van der Waals surface area contributed by atoms with Gasteiger partial charge in [-0.3, -0.25) is 4.79 Å². The van der Waals surface area contributed by atoms with E-state index < -0.39 is 17.6 Å². The molecule has 1 aromatic rings. The summed E-state index contributed by atoms with van der Waals surface area (Å²) < 4.78 is 11.8. The molecule has 6 heteroatoms. The number of hydrogen-bond acceptors (Lipinski definition) is 5. The van der Waals surface area contributed by atoms with Gasteiger partial charge in [0.2, 0.25) is 5.91 Å². The van der Waals surface area contributed by atoms with Crippen LogP contribution < -0.4 is 15.2 Å². The molecule has 0 radical (unpaired) electrons. The van der Waals surface area contributed by atoms with Crippen molar-refractivity contribution in [1.82, 2.24) is 4.90 Å². The number of amides is 1. The molecule has 3 N–H and O–H groups in total. The van der Waals surface area contributed by atoms with Gasteiger partial charge in [0.15, 0.2) is 11.5 Å². The second kappa shape index (κ2) is 10.2. The summed E-state index contributed by atoms with van der Waals surface area (Å²) >= 11 is 0. The van der Waals surface area contributed by atoms with Crippen molar-refractivity contribution in [2.75, 3.05) is 20.2 Å². The molecule has 1 saturated carbocycles. The van der Waals surface area contributed by atoms with Crippen LogP contribution in [0.5, 0.6) is 11.5 Å². The Kier molecular flexibility index (Phi) is 7.87. The zero-order valence-electron chi connectivity index (χ0n) is 19.6. The number of aliphatic hydroxyl groups excluding tert-OH is 1. The monoisotopic (exact) mass is 432 g/mol. The minimum atomic E-state index is -0.566. The van der Waals surface area contributed by atoms with Gasteiger partial charge < -0.3 is 25.2 Å². The van der Waals surface area contributed by atoms with Crippen LogP contribution >= 0.6 is 0 Å². The third-order valence-electron chi connectivity index (χ3n) is 7.37. The van der Waals surface area contributed by atoms with E-state index in [9.17, 15) is 9.90 Å². The van der Waals surface area contributed by atoms with E-state index in [1.807, 2.05) is 30.0 Å². The van der Waals surface area contributed by atoms with E-state index in [1.54, 1.807) is 7.11 Å². The number of carbonyl (C=O) groups is 1. The SMILES string of the molecule is CCCC[C@@H](N)C(=O)N1C[C@@H](c2ccc(OC)c(OC3CCCC3)c2)[C@](C)(C(C)O)C1. The Morgan fingerprint density at radius 3 is 2.65 bits per heavy atom. The third-order valence-corrected chi connectivity index (χ3v) is 7.37. The molecule has 1 amide bonds. The summed E-state index contributed by atoms with van der Waals surface area (Å²) in [5, 5.41) is 10.7. The second-order valence-corrected chi connectivity index (χ2v) is 9.64. The van der Waals surface area contributed by atoms with Gasteiger partial charge in [-0.15, -0.1) is 0 Å². The Morgan fingerprint density at radius 2 is 2.03 bits per heavy atom. The van der Waals surface area contributed by atoms with E-state index in [-0.39, 0.29) is 17.9 Å². The first-order valence-electron chi connectivity index (χ1n) is 11.9. The lowest BCUT2D eigenvalue weighted by molar-refractivity contribution is -0.132. The predicted molar refractivity (Wildman–Crippen MR) is 122 cm³/mol. The lowest BCUT2D eigenvalue weighted by Gasteiger charge is -2.34. The molecule has 0 spiro atoms. The molecule has 1 aromatic carbocycles. The van der Waals surface area contributed by atoms with Gasteiger partial charge in [-0.2, -0.15) is 0 Å². The molecule has 2 fully saturated rings. The maximum Gasteiger partial charge on any atom is 0.239 e. The number of carbonyl (C=O) groups excluding carboxylic acids is 1. The fraction of sp³-hybridized carbons (Fsp3) is 0.720. The highest BCUT2D eigenvalue weighted by Crippen LogP contribution is 2.47. The van der Waals surface area contributed by atoms with Crippen LogP contribution in [0.25, 0.3) is 0 Å². The topological polar surface area (TPSA) is 85.0 Å². The fourth-order valence-corrected chi connectivity index (χ4v) is 5.06. The largest absolute Gasteiger partial charge is 0.493 e. The highest BCUT2D eigenvalue weighted by atomic mass is 16.5. The Labute approximate surface area is 187 Å². The minimum Gasteiger partial charge on any atom is -0.493 e. The first-order chi connectivity index (χ1) is 14.8. The molecule has 2 aliphatic rings. The summed E-state index contributed by atoms with van der Waals surface area (Å²) in [6.07, 6.45) is 6.86. The Bertz CT molecular complexity index is 747. The van der Waals surface area contributed by atoms with Crippen molar-refractivity contribution in [1.29, 1.82) is 0 Å². The number of likely N-dealkylation sites (tertiary alicyclic amines) is 1. The molecule has 1 unspecified atom stereocenters. The van der Waals surface area contributed by atoms with Gasteiger partial charge >= 0.3 is 0 Å². The lowest BCUT2D eigenvalue weighted by Crippen LogP contribution is -2.44. The summed E-state index contributed by atoms with van der Waals surface area (Å²) in [6, 6.07) is 5.55. The van der Waals surface area contributed by atoms with E-state index in [4.69, 9.17) is 15.2 Å². The molecule has 0 bridgehead atoms. The highest BCUT2D eigenvalue weighted by molar-refractivity contribution is 5.82. The van der Waals surface area contributed by atoms with Gasteiger partial charge in [-0.25, -0.2) is 0 Å². The van der Waals surface area contributed by atoms with Crippen molar-refractivity contribution in [2.45, 2.75) is 89.9 Å². The Hall–Kier alpha value is -1.79. The first-order valence-corrected chi connectivity index (χ1v) is 11.9. The second-order valence-electron chi connectivity index (χ2n) is 9.64. The van der Waals surface area contributed by atoms with Crippen molar-refractivity contribution in [3.8, 4) is 11.5 Å². The zero-order chi connectivity index (χ0) is 22.6. The minimum absolute atomic E-state index is 0.00772. The molecule has 1 saturated heterocycles. The molecule has 3 rings (SSSR count). The van der Waals surface area contributed by atoms with Crippen molar-refractivity contribution in [3.05, 3.63) is 23.8 Å². The van der Waals surface area contributed by atoms with Crippen molar-refractivity contribution in [2.24, 2.45) is 11.1 Å². The number of benzene rings is 1. The van der Waals surface area contributed by atoms with Crippen molar-refractivity contribution in [3.63, 3.8) is 0 Å². The summed E-state index contributed by atoms with van der Waals surface area (Å²) in [4.78, 5) is 14.9. The smallest absolute Gasteiger partial charge is 0.239 e. The highest BCUT2D eigenvalue weighted by Gasteiger charge is 2.49. The fourth-order valence-electron chi connectivity index (χ4n) is 5.06. The van der Waals surface area contributed by atoms with Crippen LogP contribution in [0.2, 0.25) is 0 Å². The summed E-state index contributed by atoms with van der Waals surface area (Å²) in [7, 11) is 1.66. The molecular weight excluding hydrogens is 392 g/mol. The Morgan fingerprint density at radius 1 is 1.32 bits per heavy atom. The van der Waals surface area contributed by atoms with E-state index in [0.717, 1.165) is 42.7 Å².